The van der Waals surface area contributed by atoms with Crippen LogP contribution in [0.3, 0.4) is 0 Å². The molecule has 0 aliphatic carbocycles. The zero-order valence-electron chi connectivity index (χ0n) is 28.6. The monoisotopic (exact) mass is 738 g/mol. The Labute approximate surface area is 302 Å². The van der Waals surface area contributed by atoms with Crippen molar-refractivity contribution in [2.24, 2.45) is 4.99 Å². The SMILES string of the molecule is CCOC(=O)C1=C(C)N=c2s/c(=C\c3cc(Cl)c(OCc4ccccc4F)c(OCC)c3)c(=O)n2[C@H]1c1ccc(OCC(=O)OC)c(OCC)c1. The molecule has 0 saturated heterocycles. The topological polar surface area (TPSA) is 124 Å². The molecule has 1 aliphatic rings. The molecule has 0 saturated carbocycles. The minimum atomic E-state index is -0.937. The number of nitrogens with zero attached hydrogens (tertiary/aromatic N) is 2. The molecule has 51 heavy (non-hydrogen) atoms. The average molecular weight is 739 g/mol. The van der Waals surface area contributed by atoms with E-state index in [-0.39, 0.29) is 48.5 Å². The Morgan fingerprint density at radius 3 is 2.41 bits per heavy atom. The molecule has 1 aliphatic heterocycles. The van der Waals surface area contributed by atoms with Gasteiger partial charge in [0.25, 0.3) is 5.56 Å². The Kier molecular flexibility index (Phi) is 12.2. The lowest BCUT2D eigenvalue weighted by Gasteiger charge is -2.25. The maximum Gasteiger partial charge on any atom is 0.343 e. The molecule has 1 aromatic heterocycles. The maximum absolute atomic E-state index is 14.3. The number of ether oxygens (including phenoxy) is 6. The zero-order valence-corrected chi connectivity index (χ0v) is 30.2. The van der Waals surface area contributed by atoms with Crippen LogP contribution in [0.2, 0.25) is 5.02 Å². The molecule has 2 heterocycles. The van der Waals surface area contributed by atoms with E-state index < -0.39 is 29.4 Å². The smallest absolute Gasteiger partial charge is 0.343 e. The summed E-state index contributed by atoms with van der Waals surface area (Å²) in [5.41, 5.74) is 1.55. The van der Waals surface area contributed by atoms with E-state index in [0.717, 1.165) is 11.3 Å². The van der Waals surface area contributed by atoms with Crippen molar-refractivity contribution in [3.8, 4) is 23.0 Å². The minimum Gasteiger partial charge on any atom is -0.490 e. The quantitative estimate of drug-likeness (QED) is 0.154. The van der Waals surface area contributed by atoms with Crippen molar-refractivity contribution in [2.75, 3.05) is 33.5 Å². The fourth-order valence-corrected chi connectivity index (χ4v) is 6.70. The highest BCUT2D eigenvalue weighted by Crippen LogP contribution is 2.38. The van der Waals surface area contributed by atoms with Crippen molar-refractivity contribution in [3.63, 3.8) is 0 Å². The third-order valence-corrected chi connectivity index (χ3v) is 8.90. The first-order valence-electron chi connectivity index (χ1n) is 16.1. The average Bonchev–Trinajstić information content (AvgIpc) is 3.40. The third kappa shape index (κ3) is 8.26. The molecule has 11 nitrogen and oxygen atoms in total. The summed E-state index contributed by atoms with van der Waals surface area (Å²) >= 11 is 7.80. The fraction of sp³-hybridized carbons (Fsp3) is 0.297. The highest BCUT2D eigenvalue weighted by atomic mass is 35.5. The lowest BCUT2D eigenvalue weighted by atomic mass is 9.95. The molecule has 0 radical (unpaired) electrons. The standard InChI is InChI=1S/C37H36ClFN2O9S/c1-6-46-28-18-23(13-14-27(28)49-20-31(42)45-5)33-32(36(44)48-8-3)21(4)40-37-41(33)35(43)30(51-37)17-22-15-25(38)34(29(16-22)47-7-2)50-19-24-11-9-10-12-26(24)39/h9-18,33H,6-8,19-20H2,1-5H3/b30-17-/t33-/m0/s1. The number of benzene rings is 3. The van der Waals surface area contributed by atoms with E-state index in [0.29, 0.717) is 49.8 Å². The molecule has 4 aromatic rings. The summed E-state index contributed by atoms with van der Waals surface area (Å²) in [7, 11) is 1.26. The number of aromatic nitrogens is 1. The van der Waals surface area contributed by atoms with Crippen molar-refractivity contribution < 1.29 is 42.4 Å². The van der Waals surface area contributed by atoms with Crippen LogP contribution in [0.4, 0.5) is 4.39 Å². The molecule has 0 N–H and O–H groups in total. The Hall–Kier alpha value is -5.14. The first-order valence-corrected chi connectivity index (χ1v) is 17.3. The molecule has 14 heteroatoms. The van der Waals surface area contributed by atoms with E-state index in [1.165, 1.54) is 17.7 Å². The molecule has 0 unspecified atom stereocenters. The van der Waals surface area contributed by atoms with Crippen LogP contribution in [-0.2, 0) is 25.7 Å². The maximum atomic E-state index is 14.3. The number of hydrogen-bond acceptors (Lipinski definition) is 11. The Bertz CT molecular complexity index is 2160. The number of thiazole rings is 1. The van der Waals surface area contributed by atoms with Gasteiger partial charge >= 0.3 is 11.9 Å². The predicted molar refractivity (Wildman–Crippen MR) is 189 cm³/mol. The van der Waals surface area contributed by atoms with E-state index in [1.54, 1.807) is 82.3 Å². The lowest BCUT2D eigenvalue weighted by Crippen LogP contribution is -2.40. The van der Waals surface area contributed by atoms with Crippen LogP contribution in [0, 0.1) is 5.82 Å². The zero-order chi connectivity index (χ0) is 36.7. The van der Waals surface area contributed by atoms with E-state index >= 15 is 0 Å². The highest BCUT2D eigenvalue weighted by molar-refractivity contribution is 7.07. The van der Waals surface area contributed by atoms with Gasteiger partial charge in [0, 0.05) is 5.56 Å². The Balaban J connectivity index is 1.60. The van der Waals surface area contributed by atoms with E-state index in [4.69, 9.17) is 35.3 Å². The highest BCUT2D eigenvalue weighted by Gasteiger charge is 2.34. The van der Waals surface area contributed by atoms with Gasteiger partial charge in [-0.1, -0.05) is 47.2 Å². The fourth-order valence-electron chi connectivity index (χ4n) is 5.38. The molecule has 3 aromatic carbocycles. The summed E-state index contributed by atoms with van der Waals surface area (Å²) in [6.45, 7) is 7.24. The third-order valence-electron chi connectivity index (χ3n) is 7.63. The van der Waals surface area contributed by atoms with Gasteiger partial charge in [-0.3, -0.25) is 9.36 Å². The molecule has 5 rings (SSSR count). The van der Waals surface area contributed by atoms with Gasteiger partial charge in [-0.05, 0) is 75.2 Å². The second-order valence-electron chi connectivity index (χ2n) is 10.9. The van der Waals surface area contributed by atoms with Crippen molar-refractivity contribution >= 4 is 41.0 Å². The number of halogens is 2. The Morgan fingerprint density at radius 2 is 1.71 bits per heavy atom. The first-order chi connectivity index (χ1) is 24.6. The molecule has 0 spiro atoms. The van der Waals surface area contributed by atoms with Gasteiger partial charge < -0.3 is 28.4 Å². The van der Waals surface area contributed by atoms with Gasteiger partial charge in [0.1, 0.15) is 12.4 Å². The van der Waals surface area contributed by atoms with Gasteiger partial charge in [0.15, 0.2) is 34.4 Å². The predicted octanol–water partition coefficient (Wildman–Crippen LogP) is 5.52. The van der Waals surface area contributed by atoms with Gasteiger partial charge in [-0.15, -0.1) is 0 Å². The molecule has 0 amide bonds. The molecule has 0 fully saturated rings. The van der Waals surface area contributed by atoms with E-state index in [1.807, 2.05) is 0 Å². The van der Waals surface area contributed by atoms with Crippen molar-refractivity contribution in [1.29, 1.82) is 0 Å². The van der Waals surface area contributed by atoms with Gasteiger partial charge in [-0.2, -0.15) is 0 Å². The number of carbonyl (C=O) groups excluding carboxylic acids is 2. The van der Waals surface area contributed by atoms with Gasteiger partial charge in [-0.25, -0.2) is 19.0 Å². The summed E-state index contributed by atoms with van der Waals surface area (Å²) in [6, 6.07) is 13.6. The molecule has 1 atom stereocenters. The molecule has 268 valence electrons. The summed E-state index contributed by atoms with van der Waals surface area (Å²) in [6.07, 6.45) is 1.65. The number of allylic oxidation sites excluding steroid dienone is 1. The summed E-state index contributed by atoms with van der Waals surface area (Å²) in [4.78, 5) is 44.4. The Morgan fingerprint density at radius 1 is 0.961 bits per heavy atom. The van der Waals surface area contributed by atoms with Crippen LogP contribution >= 0.6 is 22.9 Å². The number of hydrogen-bond donors (Lipinski definition) is 0. The van der Waals surface area contributed by atoms with Gasteiger partial charge in [0.05, 0.1) is 53.8 Å². The van der Waals surface area contributed by atoms with Crippen LogP contribution in [-0.4, -0.2) is 50.0 Å². The van der Waals surface area contributed by atoms with Crippen molar-refractivity contribution in [1.82, 2.24) is 4.57 Å². The van der Waals surface area contributed by atoms with E-state index in [2.05, 4.69) is 9.73 Å². The van der Waals surface area contributed by atoms with Crippen LogP contribution in [0.1, 0.15) is 50.4 Å². The van der Waals surface area contributed by atoms with Gasteiger partial charge in [0.2, 0.25) is 0 Å². The normalized spacial score (nSPS) is 14.0. The summed E-state index contributed by atoms with van der Waals surface area (Å²) < 4.78 is 49.3. The lowest BCUT2D eigenvalue weighted by molar-refractivity contribution is -0.143. The van der Waals surface area contributed by atoms with Crippen LogP contribution < -0.4 is 33.8 Å². The van der Waals surface area contributed by atoms with Crippen LogP contribution in [0.5, 0.6) is 23.0 Å². The number of esters is 2. The van der Waals surface area contributed by atoms with E-state index in [9.17, 15) is 18.8 Å². The number of methoxy groups -OCH3 is 1. The largest absolute Gasteiger partial charge is 0.490 e. The summed E-state index contributed by atoms with van der Waals surface area (Å²) in [5, 5.41) is 0.201. The summed E-state index contributed by atoms with van der Waals surface area (Å²) in [5.74, 6) is -0.474. The molecular weight excluding hydrogens is 703 g/mol. The second-order valence-corrected chi connectivity index (χ2v) is 12.4. The number of rotatable bonds is 14. The molecular formula is C37H36ClFN2O9S. The second kappa shape index (κ2) is 16.7. The number of carbonyl (C=O) groups is 2. The van der Waals surface area contributed by atoms with Crippen molar-refractivity contribution in [2.45, 2.75) is 40.3 Å². The first kappa shape index (κ1) is 37.1. The van der Waals surface area contributed by atoms with Crippen molar-refractivity contribution in [3.05, 3.63) is 113 Å². The van der Waals surface area contributed by atoms with Crippen LogP contribution in [0.15, 0.2) is 75.7 Å². The molecule has 0 bridgehead atoms. The minimum absolute atomic E-state index is 0.0735. The van der Waals surface area contributed by atoms with Crippen LogP contribution in [0.25, 0.3) is 6.08 Å². The number of fused-ring (bicyclic) bond motifs is 1.